The minimum atomic E-state index is -0.351. The number of hydrogen-bond acceptors (Lipinski definition) is 5. The zero-order valence-corrected chi connectivity index (χ0v) is 17.1. The first-order valence-electron chi connectivity index (χ1n) is 9.25. The molecule has 0 radical (unpaired) electrons. The Bertz CT molecular complexity index is 1420. The van der Waals surface area contributed by atoms with E-state index in [2.05, 4.69) is 16.5 Å². The number of nitrogens with zero attached hydrogens (tertiary/aromatic N) is 4. The Kier molecular flexibility index (Phi) is 3.85. The third kappa shape index (κ3) is 2.45. The second kappa shape index (κ2) is 6.31. The number of rotatable bonds is 2. The van der Waals surface area contributed by atoms with Gasteiger partial charge in [-0.25, -0.2) is 9.78 Å². The fraction of sp³-hybridized carbons (Fsp3) is 0.190. The highest BCUT2D eigenvalue weighted by Gasteiger charge is 2.29. The predicted molar refractivity (Wildman–Crippen MR) is 116 cm³/mol. The number of fused-ring (bicyclic) bond motifs is 3. The molecular weight excluding hydrogens is 386 g/mol. The quantitative estimate of drug-likeness (QED) is 0.556. The summed E-state index contributed by atoms with van der Waals surface area (Å²) in [7, 11) is 3.23. The van der Waals surface area contributed by atoms with Gasteiger partial charge in [0, 0.05) is 36.3 Å². The van der Waals surface area contributed by atoms with Crippen molar-refractivity contribution in [1.29, 1.82) is 0 Å². The smallest absolute Gasteiger partial charge is 0.321 e. The lowest BCUT2D eigenvalue weighted by Gasteiger charge is -2.20. The molecule has 1 N–H and O–H groups in total. The molecule has 0 bridgehead atoms. The van der Waals surface area contributed by atoms with Gasteiger partial charge in [0.1, 0.15) is 5.01 Å². The van der Waals surface area contributed by atoms with E-state index in [-0.39, 0.29) is 11.2 Å². The van der Waals surface area contributed by atoms with Gasteiger partial charge in [0.25, 0.3) is 5.56 Å². The van der Waals surface area contributed by atoms with Crippen LogP contribution < -0.4 is 16.7 Å². The largest absolute Gasteiger partial charge is 0.331 e. The first-order valence-corrected chi connectivity index (χ1v) is 10.1. The normalized spacial score (nSPS) is 13.3. The summed E-state index contributed by atoms with van der Waals surface area (Å²) in [6.45, 7) is 2.55. The average molecular weight is 405 g/mol. The van der Waals surface area contributed by atoms with Crippen LogP contribution in [0.25, 0.3) is 27.7 Å². The molecule has 0 unspecified atom stereocenters. The molecule has 0 saturated carbocycles. The van der Waals surface area contributed by atoms with E-state index < -0.39 is 0 Å². The molecule has 0 amide bonds. The van der Waals surface area contributed by atoms with E-state index in [0.717, 1.165) is 37.8 Å². The van der Waals surface area contributed by atoms with E-state index >= 15 is 0 Å². The van der Waals surface area contributed by atoms with E-state index in [1.165, 1.54) is 7.05 Å². The van der Waals surface area contributed by atoms with Crippen LogP contribution in [0.4, 0.5) is 0 Å². The van der Waals surface area contributed by atoms with Gasteiger partial charge in [-0.3, -0.25) is 18.6 Å². The van der Waals surface area contributed by atoms with Gasteiger partial charge in [0.15, 0.2) is 0 Å². The maximum atomic E-state index is 13.2. The van der Waals surface area contributed by atoms with Crippen molar-refractivity contribution in [2.75, 3.05) is 12.0 Å². The van der Waals surface area contributed by atoms with Gasteiger partial charge in [-0.1, -0.05) is 36.4 Å². The standard InChI is InChI=1S/C21H19N5O2S/c1-12-11-29-19(23-12)14-9-10-22-26-16(13-7-5-4-6-8-13)15-18(17(14)26)24(2)21(28)25(3)20(15)27/h4-9,11,22H,10H2,1-3H3. The van der Waals surface area contributed by atoms with Crippen molar-refractivity contribution in [3.8, 4) is 11.3 Å². The lowest BCUT2D eigenvalue weighted by Crippen LogP contribution is -2.36. The molecule has 1 aliphatic heterocycles. The number of thiazole rings is 1. The average Bonchev–Trinajstić information content (AvgIpc) is 3.32. The molecule has 1 aromatic carbocycles. The lowest BCUT2D eigenvalue weighted by atomic mass is 10.1. The number of aromatic nitrogens is 4. The van der Waals surface area contributed by atoms with Crippen LogP contribution in [-0.2, 0) is 14.1 Å². The molecule has 0 saturated heterocycles. The highest BCUT2D eigenvalue weighted by atomic mass is 32.1. The van der Waals surface area contributed by atoms with Gasteiger partial charge in [-0.2, -0.15) is 0 Å². The third-order valence-corrected chi connectivity index (χ3v) is 6.27. The van der Waals surface area contributed by atoms with Crippen LogP contribution in [0.3, 0.4) is 0 Å². The fourth-order valence-electron chi connectivity index (χ4n) is 3.94. The number of benzene rings is 1. The Labute approximate surface area is 170 Å². The highest BCUT2D eigenvalue weighted by Crippen LogP contribution is 2.38. The molecule has 7 nitrogen and oxygen atoms in total. The van der Waals surface area contributed by atoms with Crippen LogP contribution in [0, 0.1) is 6.92 Å². The van der Waals surface area contributed by atoms with Crippen molar-refractivity contribution in [3.05, 3.63) is 79.0 Å². The number of hydrogen-bond donors (Lipinski definition) is 1. The molecule has 0 spiro atoms. The number of nitrogens with one attached hydrogen (secondary N) is 1. The Balaban J connectivity index is 1.99. The lowest BCUT2D eigenvalue weighted by molar-refractivity contribution is 0.713. The van der Waals surface area contributed by atoms with Crippen molar-refractivity contribution in [2.24, 2.45) is 14.1 Å². The molecule has 4 aromatic rings. The Morgan fingerprint density at radius 3 is 2.52 bits per heavy atom. The van der Waals surface area contributed by atoms with Gasteiger partial charge < -0.3 is 5.43 Å². The van der Waals surface area contributed by atoms with Gasteiger partial charge >= 0.3 is 5.69 Å². The third-order valence-electron chi connectivity index (χ3n) is 5.28. The molecule has 29 heavy (non-hydrogen) atoms. The van der Waals surface area contributed by atoms with E-state index in [9.17, 15) is 9.59 Å². The van der Waals surface area contributed by atoms with Crippen molar-refractivity contribution in [2.45, 2.75) is 6.92 Å². The van der Waals surface area contributed by atoms with Crippen LogP contribution in [0.5, 0.6) is 0 Å². The maximum Gasteiger partial charge on any atom is 0.331 e. The predicted octanol–water partition coefficient (Wildman–Crippen LogP) is 2.46. The molecule has 5 rings (SSSR count). The second-order valence-corrected chi connectivity index (χ2v) is 7.96. The van der Waals surface area contributed by atoms with Crippen molar-refractivity contribution in [3.63, 3.8) is 0 Å². The summed E-state index contributed by atoms with van der Waals surface area (Å²) in [5, 5.41) is 3.39. The van der Waals surface area contributed by atoms with Crippen molar-refractivity contribution >= 4 is 27.8 Å². The molecule has 1 aliphatic rings. The molecule has 4 heterocycles. The Morgan fingerprint density at radius 2 is 1.83 bits per heavy atom. The zero-order valence-electron chi connectivity index (χ0n) is 16.3. The monoisotopic (exact) mass is 405 g/mol. The van der Waals surface area contributed by atoms with E-state index in [1.807, 2.05) is 47.3 Å². The van der Waals surface area contributed by atoms with Crippen molar-refractivity contribution < 1.29 is 0 Å². The molecule has 0 atom stereocenters. The maximum absolute atomic E-state index is 13.2. The molecule has 3 aromatic heterocycles. The summed E-state index contributed by atoms with van der Waals surface area (Å²) in [6, 6.07) is 9.77. The SMILES string of the molecule is Cc1csc(C2=CCNn3c(-c4ccccc4)c4c(=O)n(C)c(=O)n(C)c4c32)n1. The summed E-state index contributed by atoms with van der Waals surface area (Å²) >= 11 is 1.56. The summed E-state index contributed by atoms with van der Waals surface area (Å²) in [4.78, 5) is 30.6. The van der Waals surface area contributed by atoms with Crippen LogP contribution in [0.2, 0.25) is 0 Å². The Morgan fingerprint density at radius 1 is 1.07 bits per heavy atom. The molecule has 146 valence electrons. The molecular formula is C21H19N5O2S. The second-order valence-electron chi connectivity index (χ2n) is 7.10. The van der Waals surface area contributed by atoms with Crippen molar-refractivity contribution in [1.82, 2.24) is 18.8 Å². The first-order chi connectivity index (χ1) is 14.0. The van der Waals surface area contributed by atoms with Crippen LogP contribution >= 0.6 is 11.3 Å². The van der Waals surface area contributed by atoms with Gasteiger partial charge in [0.2, 0.25) is 0 Å². The zero-order chi connectivity index (χ0) is 20.3. The minimum Gasteiger partial charge on any atom is -0.321 e. The van der Waals surface area contributed by atoms with Crippen LogP contribution in [0.1, 0.15) is 16.4 Å². The number of aryl methyl sites for hydroxylation is 2. The fourth-order valence-corrected chi connectivity index (χ4v) is 4.78. The minimum absolute atomic E-state index is 0.305. The molecule has 0 fully saturated rings. The van der Waals surface area contributed by atoms with Gasteiger partial charge in [-0.15, -0.1) is 11.3 Å². The molecule has 8 heteroatoms. The summed E-state index contributed by atoms with van der Waals surface area (Å²) < 4.78 is 4.65. The van der Waals surface area contributed by atoms with Crippen LogP contribution in [0.15, 0.2) is 51.4 Å². The van der Waals surface area contributed by atoms with Gasteiger partial charge in [-0.05, 0) is 6.92 Å². The topological polar surface area (TPSA) is 73.8 Å². The van der Waals surface area contributed by atoms with Crippen LogP contribution in [-0.4, -0.2) is 25.3 Å². The highest BCUT2D eigenvalue weighted by molar-refractivity contribution is 7.10. The van der Waals surface area contributed by atoms with E-state index in [0.29, 0.717) is 17.4 Å². The van der Waals surface area contributed by atoms with E-state index in [1.54, 1.807) is 23.0 Å². The van der Waals surface area contributed by atoms with Gasteiger partial charge in [0.05, 0.1) is 28.8 Å². The Hall–Kier alpha value is -3.39. The summed E-state index contributed by atoms with van der Waals surface area (Å²) in [6.07, 6.45) is 2.06. The molecule has 0 aliphatic carbocycles. The summed E-state index contributed by atoms with van der Waals surface area (Å²) in [5.41, 5.74) is 7.65. The first kappa shape index (κ1) is 17.7. The van der Waals surface area contributed by atoms with E-state index in [4.69, 9.17) is 0 Å². The summed E-state index contributed by atoms with van der Waals surface area (Å²) in [5.74, 6) is 0.